The number of rotatable bonds is 6. The van der Waals surface area contributed by atoms with Crippen molar-refractivity contribution in [2.45, 2.75) is 26.7 Å². The summed E-state index contributed by atoms with van der Waals surface area (Å²) in [7, 11) is 0. The molecule has 1 saturated carbocycles. The summed E-state index contributed by atoms with van der Waals surface area (Å²) in [6.45, 7) is 4.00. The zero-order valence-electron chi connectivity index (χ0n) is 20.5. The monoisotopic (exact) mass is 495 g/mol. The molecule has 186 valence electrons. The Hall–Kier alpha value is -4.70. The van der Waals surface area contributed by atoms with Crippen molar-refractivity contribution in [1.29, 1.82) is 0 Å². The molecule has 0 radical (unpaired) electrons. The smallest absolute Gasteiger partial charge is 0.240 e. The first-order valence-electron chi connectivity index (χ1n) is 12.0. The van der Waals surface area contributed by atoms with Gasteiger partial charge in [0.15, 0.2) is 0 Å². The van der Waals surface area contributed by atoms with Gasteiger partial charge in [0, 0.05) is 28.5 Å². The molecular weight excluding hydrogens is 469 g/mol. The van der Waals surface area contributed by atoms with Gasteiger partial charge in [0.05, 0.1) is 5.52 Å². The summed E-state index contributed by atoms with van der Waals surface area (Å²) < 4.78 is 19.1. The SMILES string of the molecule is C#Cc1ccc2c(Oc3ccc(NC(=O)C4(C(=O)Nc5ccc(F)cc5)CC4)cc3)ccnc2c1.CC. The molecule has 2 amide bonds. The molecule has 0 spiro atoms. The fraction of sp³-hybridized carbons (Fsp3) is 0.167. The van der Waals surface area contributed by atoms with Crippen LogP contribution in [0.25, 0.3) is 10.9 Å². The molecular formula is C30H26FN3O3. The Morgan fingerprint density at radius 2 is 1.51 bits per heavy atom. The van der Waals surface area contributed by atoms with Crippen LogP contribution in [0.5, 0.6) is 11.5 Å². The van der Waals surface area contributed by atoms with Crippen LogP contribution < -0.4 is 15.4 Å². The summed E-state index contributed by atoms with van der Waals surface area (Å²) in [6.07, 6.45) is 8.01. The summed E-state index contributed by atoms with van der Waals surface area (Å²) in [5.41, 5.74) is 1.33. The minimum Gasteiger partial charge on any atom is -0.457 e. The van der Waals surface area contributed by atoms with E-state index in [-0.39, 0.29) is 5.91 Å². The zero-order chi connectivity index (χ0) is 26.4. The van der Waals surface area contributed by atoms with E-state index in [1.54, 1.807) is 36.5 Å². The largest absolute Gasteiger partial charge is 0.457 e. The highest BCUT2D eigenvalue weighted by Gasteiger charge is 2.56. The lowest BCUT2D eigenvalue weighted by Gasteiger charge is -2.16. The molecule has 7 heteroatoms. The van der Waals surface area contributed by atoms with Crippen LogP contribution in [0.3, 0.4) is 0 Å². The normalized spacial score (nSPS) is 12.9. The predicted molar refractivity (Wildman–Crippen MR) is 143 cm³/mol. The molecule has 0 aliphatic heterocycles. The van der Waals surface area contributed by atoms with Crippen LogP contribution in [0.15, 0.2) is 79.0 Å². The topological polar surface area (TPSA) is 80.3 Å². The first-order chi connectivity index (χ1) is 18.0. The van der Waals surface area contributed by atoms with E-state index in [2.05, 4.69) is 21.5 Å². The van der Waals surface area contributed by atoms with Gasteiger partial charge in [0.2, 0.25) is 11.8 Å². The molecule has 0 atom stereocenters. The van der Waals surface area contributed by atoms with Gasteiger partial charge in [-0.05, 0) is 85.6 Å². The predicted octanol–water partition coefficient (Wildman–Crippen LogP) is 6.53. The molecule has 1 aliphatic rings. The van der Waals surface area contributed by atoms with Crippen LogP contribution >= 0.6 is 0 Å². The highest BCUT2D eigenvalue weighted by Crippen LogP contribution is 2.47. The van der Waals surface area contributed by atoms with Gasteiger partial charge in [-0.25, -0.2) is 4.39 Å². The van der Waals surface area contributed by atoms with Crippen molar-refractivity contribution in [2.75, 3.05) is 10.6 Å². The molecule has 1 aliphatic carbocycles. The number of halogens is 1. The molecule has 1 fully saturated rings. The number of nitrogens with one attached hydrogen (secondary N) is 2. The summed E-state index contributed by atoms with van der Waals surface area (Å²) in [5, 5.41) is 6.33. The highest BCUT2D eigenvalue weighted by molar-refractivity contribution is 6.16. The number of benzene rings is 3. The number of carbonyl (C=O) groups is 2. The van der Waals surface area contributed by atoms with Crippen molar-refractivity contribution in [3.05, 3.63) is 90.4 Å². The lowest BCUT2D eigenvalue weighted by atomic mass is 10.0. The van der Waals surface area contributed by atoms with Gasteiger partial charge in [0.1, 0.15) is 22.7 Å². The van der Waals surface area contributed by atoms with Gasteiger partial charge >= 0.3 is 0 Å². The van der Waals surface area contributed by atoms with Crippen LogP contribution in [-0.4, -0.2) is 16.8 Å². The van der Waals surface area contributed by atoms with Gasteiger partial charge in [-0.3, -0.25) is 14.6 Å². The Balaban J connectivity index is 0.00000156. The maximum atomic E-state index is 13.1. The number of amides is 2. The third kappa shape index (κ3) is 5.60. The van der Waals surface area contributed by atoms with Crippen LogP contribution in [0.2, 0.25) is 0 Å². The number of hydrogen-bond donors (Lipinski definition) is 2. The summed E-state index contributed by atoms with van der Waals surface area (Å²) in [6, 6.07) is 19.6. The third-order valence-electron chi connectivity index (χ3n) is 5.93. The third-order valence-corrected chi connectivity index (χ3v) is 5.93. The minimum atomic E-state index is -1.13. The summed E-state index contributed by atoms with van der Waals surface area (Å²) in [4.78, 5) is 29.9. The van der Waals surface area contributed by atoms with Crippen LogP contribution in [0.1, 0.15) is 32.3 Å². The number of ether oxygens (including phenoxy) is 1. The average molecular weight is 496 g/mol. The molecule has 1 heterocycles. The van der Waals surface area contributed by atoms with Crippen LogP contribution in [0, 0.1) is 23.6 Å². The minimum absolute atomic E-state index is 0.379. The Labute approximate surface area is 214 Å². The van der Waals surface area contributed by atoms with Crippen molar-refractivity contribution in [3.8, 4) is 23.8 Å². The molecule has 4 aromatic rings. The molecule has 6 nitrogen and oxygen atoms in total. The van der Waals surface area contributed by atoms with Crippen LogP contribution in [0.4, 0.5) is 15.8 Å². The van der Waals surface area contributed by atoms with Crippen molar-refractivity contribution in [2.24, 2.45) is 5.41 Å². The number of carbonyl (C=O) groups excluding carboxylic acids is 2. The Morgan fingerprint density at radius 3 is 2.08 bits per heavy atom. The van der Waals surface area contributed by atoms with Gasteiger partial charge in [0.25, 0.3) is 0 Å². The maximum absolute atomic E-state index is 13.1. The van der Waals surface area contributed by atoms with E-state index in [4.69, 9.17) is 11.2 Å². The second kappa shape index (κ2) is 10.9. The van der Waals surface area contributed by atoms with Gasteiger partial charge < -0.3 is 15.4 Å². The van der Waals surface area contributed by atoms with Gasteiger partial charge in [-0.15, -0.1) is 6.42 Å². The Bertz CT molecular complexity index is 1470. The second-order valence-corrected chi connectivity index (χ2v) is 8.31. The molecule has 1 aromatic heterocycles. The summed E-state index contributed by atoms with van der Waals surface area (Å²) in [5.74, 6) is 2.62. The number of fused-ring (bicyclic) bond motifs is 1. The molecule has 0 bridgehead atoms. The Morgan fingerprint density at radius 1 is 0.919 bits per heavy atom. The van der Waals surface area contributed by atoms with E-state index in [1.165, 1.54) is 24.3 Å². The average Bonchev–Trinajstić information content (AvgIpc) is 3.75. The van der Waals surface area contributed by atoms with E-state index in [0.29, 0.717) is 35.7 Å². The fourth-order valence-electron chi connectivity index (χ4n) is 3.75. The lowest BCUT2D eigenvalue weighted by Crippen LogP contribution is -2.35. The number of aromatic nitrogens is 1. The van der Waals surface area contributed by atoms with Crippen molar-refractivity contribution >= 4 is 34.1 Å². The van der Waals surface area contributed by atoms with Gasteiger partial charge in [-0.1, -0.05) is 19.8 Å². The summed E-state index contributed by atoms with van der Waals surface area (Å²) >= 11 is 0. The van der Waals surface area contributed by atoms with E-state index in [9.17, 15) is 14.0 Å². The molecule has 37 heavy (non-hydrogen) atoms. The first-order valence-corrected chi connectivity index (χ1v) is 12.0. The number of terminal acetylenes is 1. The van der Waals surface area contributed by atoms with Crippen molar-refractivity contribution in [3.63, 3.8) is 0 Å². The second-order valence-electron chi connectivity index (χ2n) is 8.31. The number of pyridine rings is 1. The van der Waals surface area contributed by atoms with E-state index >= 15 is 0 Å². The van der Waals surface area contributed by atoms with E-state index in [1.807, 2.05) is 32.0 Å². The molecule has 3 aromatic carbocycles. The fourth-order valence-corrected chi connectivity index (χ4v) is 3.75. The molecule has 2 N–H and O–H groups in total. The van der Waals surface area contributed by atoms with Crippen LogP contribution in [-0.2, 0) is 9.59 Å². The zero-order valence-corrected chi connectivity index (χ0v) is 20.5. The van der Waals surface area contributed by atoms with Crippen molar-refractivity contribution in [1.82, 2.24) is 4.98 Å². The Kier molecular flexibility index (Phi) is 7.49. The van der Waals surface area contributed by atoms with Gasteiger partial charge in [-0.2, -0.15) is 0 Å². The number of hydrogen-bond acceptors (Lipinski definition) is 4. The standard InChI is InChI=1S/C28H20FN3O3.C2H6/c1-2-18-3-12-23-24(17-18)30-16-13-25(23)35-22-10-8-21(9-11-22)32-27(34)28(14-15-28)26(33)31-20-6-4-19(29)5-7-20;1-2/h1,3-13,16-17H,14-15H2,(H,31,33)(H,32,34);1-2H3. The highest BCUT2D eigenvalue weighted by atomic mass is 19.1. The van der Waals surface area contributed by atoms with Crippen molar-refractivity contribution < 1.29 is 18.7 Å². The molecule has 0 unspecified atom stereocenters. The molecule has 0 saturated heterocycles. The van der Waals surface area contributed by atoms with E-state index < -0.39 is 17.1 Å². The maximum Gasteiger partial charge on any atom is 0.240 e. The lowest BCUT2D eigenvalue weighted by molar-refractivity contribution is -0.131. The van der Waals surface area contributed by atoms with E-state index in [0.717, 1.165) is 16.5 Å². The number of nitrogens with zero attached hydrogens (tertiary/aromatic N) is 1. The molecule has 5 rings (SSSR count). The quantitative estimate of drug-likeness (QED) is 0.235. The first kappa shape index (κ1) is 25.4. The number of anilines is 2.